The van der Waals surface area contributed by atoms with Crippen LogP contribution in [0.3, 0.4) is 0 Å². The Morgan fingerprint density at radius 3 is 2.47 bits per heavy atom. The second-order valence-corrected chi connectivity index (χ2v) is 9.57. The molecule has 0 unspecified atom stereocenters. The van der Waals surface area contributed by atoms with Crippen LogP contribution in [0.2, 0.25) is 5.02 Å². The zero-order chi connectivity index (χ0) is 23.5. The molecule has 32 heavy (non-hydrogen) atoms. The molecule has 9 heteroatoms. The van der Waals surface area contributed by atoms with Crippen molar-refractivity contribution in [1.82, 2.24) is 4.98 Å². The highest BCUT2D eigenvalue weighted by Gasteiger charge is 2.26. The van der Waals surface area contributed by atoms with E-state index in [0.29, 0.717) is 27.4 Å². The zero-order valence-corrected chi connectivity index (χ0v) is 19.3. The van der Waals surface area contributed by atoms with Gasteiger partial charge < -0.3 is 4.74 Å². The molecule has 0 saturated carbocycles. The first kappa shape index (κ1) is 23.4. The number of carbonyl (C=O) groups excluding carboxylic acids is 2. The average molecular weight is 473 g/mol. The van der Waals surface area contributed by atoms with E-state index in [0.717, 1.165) is 6.26 Å². The highest BCUT2D eigenvalue weighted by molar-refractivity contribution is 7.90. The lowest BCUT2D eigenvalue weighted by Crippen LogP contribution is -2.37. The molecule has 166 valence electrons. The molecule has 2 aromatic carbocycles. The van der Waals surface area contributed by atoms with Gasteiger partial charge in [-0.15, -0.1) is 0 Å². The third-order valence-electron chi connectivity index (χ3n) is 4.74. The van der Waals surface area contributed by atoms with Gasteiger partial charge in [0.05, 0.1) is 23.9 Å². The minimum atomic E-state index is -3.55. The molecule has 0 saturated heterocycles. The van der Waals surface area contributed by atoms with Crippen LogP contribution in [-0.4, -0.2) is 45.2 Å². The first-order valence-electron chi connectivity index (χ1n) is 9.51. The molecule has 3 aromatic rings. The Labute approximate surface area is 191 Å². The van der Waals surface area contributed by atoms with E-state index in [-0.39, 0.29) is 10.5 Å². The standard InChI is InChI=1S/C23H21ClN2O5S/c1-15-10-16(12-17(11-15)32(3,29)30)23(28)26(14-22(27)31-2)21-13-25-9-8-19(21)18-6-4-5-7-20(18)24/h4-13H,14H2,1-3H3. The minimum Gasteiger partial charge on any atom is -0.468 e. The number of amides is 1. The number of hydrogen-bond acceptors (Lipinski definition) is 6. The lowest BCUT2D eigenvalue weighted by atomic mass is 10.0. The Bertz CT molecular complexity index is 1290. The van der Waals surface area contributed by atoms with E-state index in [1.165, 1.54) is 30.3 Å². The maximum atomic E-state index is 13.6. The number of hydrogen-bond donors (Lipinski definition) is 0. The SMILES string of the molecule is COC(=O)CN(C(=O)c1cc(C)cc(S(C)(=O)=O)c1)c1cnccc1-c1ccccc1Cl. The number of sulfone groups is 1. The van der Waals surface area contributed by atoms with E-state index in [2.05, 4.69) is 4.98 Å². The summed E-state index contributed by atoms with van der Waals surface area (Å²) in [5, 5.41) is 0.459. The van der Waals surface area contributed by atoms with Gasteiger partial charge in [-0.2, -0.15) is 0 Å². The number of rotatable bonds is 6. The molecule has 0 spiro atoms. The summed E-state index contributed by atoms with van der Waals surface area (Å²) in [6.07, 6.45) is 4.07. The normalized spacial score (nSPS) is 11.1. The number of methoxy groups -OCH3 is 1. The molecule has 0 atom stereocenters. The number of benzene rings is 2. The molecule has 1 aromatic heterocycles. The Hall–Kier alpha value is -3.23. The number of aromatic nitrogens is 1. The summed E-state index contributed by atoms with van der Waals surface area (Å²) >= 11 is 6.37. The van der Waals surface area contributed by atoms with Crippen LogP contribution in [0.1, 0.15) is 15.9 Å². The average Bonchev–Trinajstić information content (AvgIpc) is 2.76. The molecule has 3 rings (SSSR count). The van der Waals surface area contributed by atoms with Crippen LogP contribution in [0.4, 0.5) is 5.69 Å². The van der Waals surface area contributed by atoms with Crippen LogP contribution in [0, 0.1) is 6.92 Å². The molecule has 0 aliphatic heterocycles. The molecular weight excluding hydrogens is 452 g/mol. The van der Waals surface area contributed by atoms with Crippen LogP contribution in [0.5, 0.6) is 0 Å². The van der Waals surface area contributed by atoms with E-state index < -0.39 is 28.3 Å². The van der Waals surface area contributed by atoms with Crippen molar-refractivity contribution in [2.24, 2.45) is 0 Å². The third-order valence-corrected chi connectivity index (χ3v) is 6.16. The van der Waals surface area contributed by atoms with Gasteiger partial charge in [0.25, 0.3) is 5.91 Å². The maximum absolute atomic E-state index is 13.6. The summed E-state index contributed by atoms with van der Waals surface area (Å²) in [5.74, 6) is -1.23. The zero-order valence-electron chi connectivity index (χ0n) is 17.7. The maximum Gasteiger partial charge on any atom is 0.325 e. The van der Waals surface area contributed by atoms with Gasteiger partial charge in [0.15, 0.2) is 9.84 Å². The van der Waals surface area contributed by atoms with Gasteiger partial charge in [-0.25, -0.2) is 8.42 Å². The molecule has 7 nitrogen and oxygen atoms in total. The predicted molar refractivity (Wildman–Crippen MR) is 123 cm³/mol. The fraction of sp³-hybridized carbons (Fsp3) is 0.174. The number of anilines is 1. The molecule has 0 radical (unpaired) electrons. The number of esters is 1. The molecule has 1 amide bonds. The molecule has 0 fully saturated rings. The smallest absolute Gasteiger partial charge is 0.325 e. The fourth-order valence-corrected chi connectivity index (χ4v) is 4.19. The summed E-state index contributed by atoms with van der Waals surface area (Å²) in [4.78, 5) is 31.1. The monoisotopic (exact) mass is 472 g/mol. The van der Waals surface area contributed by atoms with Crippen molar-refractivity contribution < 1.29 is 22.7 Å². The first-order chi connectivity index (χ1) is 15.1. The molecule has 1 heterocycles. The van der Waals surface area contributed by atoms with Gasteiger partial charge in [-0.05, 0) is 42.8 Å². The van der Waals surface area contributed by atoms with Gasteiger partial charge in [-0.3, -0.25) is 19.5 Å². The van der Waals surface area contributed by atoms with Crippen molar-refractivity contribution in [3.8, 4) is 11.1 Å². The van der Waals surface area contributed by atoms with Crippen LogP contribution in [-0.2, 0) is 19.4 Å². The van der Waals surface area contributed by atoms with Gasteiger partial charge in [0.1, 0.15) is 6.54 Å². The van der Waals surface area contributed by atoms with Gasteiger partial charge >= 0.3 is 5.97 Å². The van der Waals surface area contributed by atoms with E-state index >= 15 is 0 Å². The predicted octanol–water partition coefficient (Wildman–Crippen LogP) is 3.93. The number of nitrogens with zero attached hydrogens (tertiary/aromatic N) is 2. The van der Waals surface area contributed by atoms with E-state index in [1.54, 1.807) is 49.5 Å². The van der Waals surface area contributed by atoms with Gasteiger partial charge in [0, 0.05) is 34.2 Å². The number of halogens is 1. The quantitative estimate of drug-likeness (QED) is 0.504. The Kier molecular flexibility index (Phi) is 6.96. The molecular formula is C23H21ClN2O5S. The Balaban J connectivity index is 2.19. The van der Waals surface area contributed by atoms with Gasteiger partial charge in [0.2, 0.25) is 0 Å². The van der Waals surface area contributed by atoms with E-state index in [1.807, 2.05) is 0 Å². The van der Waals surface area contributed by atoms with E-state index in [9.17, 15) is 18.0 Å². The lowest BCUT2D eigenvalue weighted by molar-refractivity contribution is -0.138. The topological polar surface area (TPSA) is 93.6 Å². The van der Waals surface area contributed by atoms with Crippen molar-refractivity contribution in [2.45, 2.75) is 11.8 Å². The van der Waals surface area contributed by atoms with Crippen LogP contribution < -0.4 is 4.90 Å². The first-order valence-corrected chi connectivity index (χ1v) is 11.8. The second-order valence-electron chi connectivity index (χ2n) is 7.15. The van der Waals surface area contributed by atoms with Crippen LogP contribution in [0.25, 0.3) is 11.1 Å². The van der Waals surface area contributed by atoms with Gasteiger partial charge in [-0.1, -0.05) is 29.8 Å². The summed E-state index contributed by atoms with van der Waals surface area (Å²) in [5.41, 5.74) is 2.27. The molecule has 0 N–H and O–H groups in total. The fourth-order valence-electron chi connectivity index (χ4n) is 3.21. The Morgan fingerprint density at radius 2 is 1.81 bits per heavy atom. The highest BCUT2D eigenvalue weighted by atomic mass is 35.5. The number of pyridine rings is 1. The van der Waals surface area contributed by atoms with Crippen molar-refractivity contribution in [3.05, 3.63) is 77.1 Å². The van der Waals surface area contributed by atoms with E-state index in [4.69, 9.17) is 16.3 Å². The van der Waals surface area contributed by atoms with Crippen molar-refractivity contribution in [3.63, 3.8) is 0 Å². The molecule has 0 aliphatic carbocycles. The highest BCUT2D eigenvalue weighted by Crippen LogP contribution is 2.35. The van der Waals surface area contributed by atoms with Crippen LogP contribution in [0.15, 0.2) is 65.8 Å². The number of ether oxygens (including phenoxy) is 1. The number of carbonyl (C=O) groups is 2. The molecule has 0 bridgehead atoms. The van der Waals surface area contributed by atoms with Crippen LogP contribution >= 0.6 is 11.6 Å². The molecule has 0 aliphatic rings. The summed E-state index contributed by atoms with van der Waals surface area (Å²) < 4.78 is 28.9. The third kappa shape index (κ3) is 5.15. The van der Waals surface area contributed by atoms with Crippen molar-refractivity contribution in [2.75, 3.05) is 24.8 Å². The summed E-state index contributed by atoms with van der Waals surface area (Å²) in [7, 11) is -2.33. The van der Waals surface area contributed by atoms with Crippen molar-refractivity contribution in [1.29, 1.82) is 0 Å². The summed E-state index contributed by atoms with van der Waals surface area (Å²) in [6, 6.07) is 13.1. The summed E-state index contributed by atoms with van der Waals surface area (Å²) in [6.45, 7) is 1.29. The lowest BCUT2D eigenvalue weighted by Gasteiger charge is -2.24. The second kappa shape index (κ2) is 9.50. The largest absolute Gasteiger partial charge is 0.468 e. The Morgan fingerprint density at radius 1 is 1.09 bits per heavy atom. The van der Waals surface area contributed by atoms with Crippen molar-refractivity contribution >= 4 is 39.0 Å². The number of aryl methyl sites for hydroxylation is 1. The minimum absolute atomic E-state index is 0.0105.